The van der Waals surface area contributed by atoms with Crippen LogP contribution in [0, 0.1) is 5.92 Å². The average Bonchev–Trinajstić information content (AvgIpc) is 2.77. The van der Waals surface area contributed by atoms with Crippen LogP contribution in [0.25, 0.3) is 0 Å². The molecule has 1 aromatic carbocycles. The Bertz CT molecular complexity index is 833. The normalized spacial score (nSPS) is 14.0. The van der Waals surface area contributed by atoms with Crippen molar-refractivity contribution in [3.05, 3.63) is 29.8 Å². The molecule has 0 saturated carbocycles. The van der Waals surface area contributed by atoms with Gasteiger partial charge in [-0.1, -0.05) is 58.6 Å². The van der Waals surface area contributed by atoms with Crippen molar-refractivity contribution in [3.63, 3.8) is 0 Å². The molecule has 3 unspecified atom stereocenters. The zero-order valence-electron chi connectivity index (χ0n) is 23.4. The smallest absolute Gasteiger partial charge is 0.408 e. The van der Waals surface area contributed by atoms with E-state index in [-0.39, 0.29) is 29.5 Å². The highest BCUT2D eigenvalue weighted by atomic mass is 16.6. The summed E-state index contributed by atoms with van der Waals surface area (Å²) in [5.41, 5.74) is -0.117. The third-order valence-corrected chi connectivity index (χ3v) is 5.89. The molecule has 3 atom stereocenters. The molecule has 3 amide bonds. The van der Waals surface area contributed by atoms with Crippen LogP contribution in [0.5, 0.6) is 5.75 Å². The maximum absolute atomic E-state index is 14.1. The highest BCUT2D eigenvalue weighted by Crippen LogP contribution is 2.27. The number of nitrogens with one attached hydrogen (secondary N) is 2. The molecule has 0 aliphatic heterocycles. The molecule has 8 heteroatoms. The second kappa shape index (κ2) is 14.7. The SMILES string of the molecule is CCCCCCN(C(=O)C(NC(=O)OC(C)(C)C)C(C)CC)C(C(=O)NC(C)C)c1ccc(O)cc1. The molecule has 0 fully saturated rings. The fourth-order valence-corrected chi connectivity index (χ4v) is 3.86. The lowest BCUT2D eigenvalue weighted by atomic mass is 9.95. The van der Waals surface area contributed by atoms with Gasteiger partial charge in [0.1, 0.15) is 23.4 Å². The number of unbranched alkanes of at least 4 members (excludes halogenated alkanes) is 3. The molecule has 8 nitrogen and oxygen atoms in total. The molecule has 0 aliphatic rings. The third-order valence-electron chi connectivity index (χ3n) is 5.89. The van der Waals surface area contributed by atoms with Crippen molar-refractivity contribution in [2.75, 3.05) is 6.54 Å². The number of ether oxygens (including phenoxy) is 1. The fourth-order valence-electron chi connectivity index (χ4n) is 3.86. The van der Waals surface area contributed by atoms with Crippen LogP contribution in [-0.4, -0.2) is 52.1 Å². The maximum Gasteiger partial charge on any atom is 0.408 e. The van der Waals surface area contributed by atoms with Crippen molar-refractivity contribution in [3.8, 4) is 5.75 Å². The van der Waals surface area contributed by atoms with Crippen LogP contribution in [-0.2, 0) is 14.3 Å². The number of carbonyl (C=O) groups is 3. The number of amides is 3. The predicted molar refractivity (Wildman–Crippen MR) is 143 cm³/mol. The van der Waals surface area contributed by atoms with E-state index >= 15 is 0 Å². The van der Waals surface area contributed by atoms with Gasteiger partial charge in [0.25, 0.3) is 0 Å². The van der Waals surface area contributed by atoms with Crippen LogP contribution < -0.4 is 10.6 Å². The van der Waals surface area contributed by atoms with Gasteiger partial charge in [-0.25, -0.2) is 4.79 Å². The first-order chi connectivity index (χ1) is 16.8. The highest BCUT2D eigenvalue weighted by molar-refractivity contribution is 5.92. The minimum Gasteiger partial charge on any atom is -0.508 e. The van der Waals surface area contributed by atoms with E-state index in [0.717, 1.165) is 25.7 Å². The Morgan fingerprint density at radius 1 is 0.972 bits per heavy atom. The van der Waals surface area contributed by atoms with Gasteiger partial charge in [0.05, 0.1) is 0 Å². The number of aromatic hydroxyl groups is 1. The number of nitrogens with zero attached hydrogens (tertiary/aromatic N) is 1. The van der Waals surface area contributed by atoms with Crippen LogP contribution in [0.1, 0.15) is 99.1 Å². The number of hydrogen-bond acceptors (Lipinski definition) is 5. The molecule has 1 aromatic rings. The van der Waals surface area contributed by atoms with Gasteiger partial charge in [0, 0.05) is 12.6 Å². The van der Waals surface area contributed by atoms with Gasteiger partial charge in [-0.2, -0.15) is 0 Å². The van der Waals surface area contributed by atoms with E-state index in [9.17, 15) is 19.5 Å². The molecular weight excluding hydrogens is 458 g/mol. The van der Waals surface area contributed by atoms with E-state index in [0.29, 0.717) is 18.5 Å². The molecule has 0 radical (unpaired) electrons. The Morgan fingerprint density at radius 2 is 1.58 bits per heavy atom. The molecule has 0 bridgehead atoms. The Kier molecular flexibility index (Phi) is 12.8. The van der Waals surface area contributed by atoms with Crippen molar-refractivity contribution >= 4 is 17.9 Å². The molecule has 36 heavy (non-hydrogen) atoms. The lowest BCUT2D eigenvalue weighted by Crippen LogP contribution is -2.55. The van der Waals surface area contributed by atoms with E-state index in [1.807, 2.05) is 27.7 Å². The topological polar surface area (TPSA) is 108 Å². The van der Waals surface area contributed by atoms with Crippen molar-refractivity contribution in [1.82, 2.24) is 15.5 Å². The van der Waals surface area contributed by atoms with Gasteiger partial charge in [-0.3, -0.25) is 9.59 Å². The van der Waals surface area contributed by atoms with Crippen molar-refractivity contribution in [2.45, 2.75) is 111 Å². The number of phenols is 1. The Hall–Kier alpha value is -2.77. The second-order valence-corrected chi connectivity index (χ2v) is 10.8. The highest BCUT2D eigenvalue weighted by Gasteiger charge is 2.38. The zero-order valence-corrected chi connectivity index (χ0v) is 23.4. The molecular formula is C28H47N3O5. The number of alkyl carbamates (subject to hydrolysis) is 1. The number of hydrogen-bond donors (Lipinski definition) is 3. The number of rotatable bonds is 13. The summed E-state index contributed by atoms with van der Waals surface area (Å²) in [5, 5.41) is 15.5. The van der Waals surface area contributed by atoms with Gasteiger partial charge in [0.15, 0.2) is 0 Å². The van der Waals surface area contributed by atoms with Crippen molar-refractivity contribution in [1.29, 1.82) is 0 Å². The van der Waals surface area contributed by atoms with Crippen LogP contribution in [0.15, 0.2) is 24.3 Å². The fraction of sp³-hybridized carbons (Fsp3) is 0.679. The van der Waals surface area contributed by atoms with Gasteiger partial charge in [0.2, 0.25) is 11.8 Å². The Morgan fingerprint density at radius 3 is 2.08 bits per heavy atom. The van der Waals surface area contributed by atoms with Crippen LogP contribution in [0.3, 0.4) is 0 Å². The summed E-state index contributed by atoms with van der Waals surface area (Å²) in [4.78, 5) is 41.8. The minimum absolute atomic E-state index is 0.0756. The summed E-state index contributed by atoms with van der Waals surface area (Å²) in [5.74, 6) is -0.744. The van der Waals surface area contributed by atoms with E-state index < -0.39 is 23.8 Å². The second-order valence-electron chi connectivity index (χ2n) is 10.8. The Labute approximate surface area is 217 Å². The summed E-state index contributed by atoms with van der Waals surface area (Å²) in [6.07, 6.45) is 3.69. The standard InChI is InChI=1S/C28H47N3O5/c1-9-11-12-13-18-31(24(25(33)29-19(3)4)21-14-16-22(32)17-15-21)26(34)23(20(5)10-2)30-27(35)36-28(6,7)8/h14-17,19-20,23-24,32H,9-13,18H2,1-8H3,(H,29,33)(H,30,35). The van der Waals surface area contributed by atoms with Crippen LogP contribution in [0.2, 0.25) is 0 Å². The van der Waals surface area contributed by atoms with Gasteiger partial charge in [-0.15, -0.1) is 0 Å². The average molecular weight is 506 g/mol. The van der Waals surface area contributed by atoms with Crippen molar-refractivity contribution < 1.29 is 24.2 Å². The number of benzene rings is 1. The number of phenolic OH excluding ortho intramolecular Hbond substituents is 1. The summed E-state index contributed by atoms with van der Waals surface area (Å²) < 4.78 is 5.44. The summed E-state index contributed by atoms with van der Waals surface area (Å²) in [7, 11) is 0. The summed E-state index contributed by atoms with van der Waals surface area (Å²) >= 11 is 0. The zero-order chi connectivity index (χ0) is 27.5. The third kappa shape index (κ3) is 10.5. The minimum atomic E-state index is -0.908. The van der Waals surface area contributed by atoms with Crippen LogP contribution >= 0.6 is 0 Å². The van der Waals surface area contributed by atoms with E-state index in [1.54, 1.807) is 37.8 Å². The van der Waals surface area contributed by atoms with E-state index in [4.69, 9.17) is 4.74 Å². The first kappa shape index (κ1) is 31.3. The van der Waals surface area contributed by atoms with Crippen LogP contribution in [0.4, 0.5) is 4.79 Å². The van der Waals surface area contributed by atoms with E-state index in [1.165, 1.54) is 12.1 Å². The molecule has 0 spiro atoms. The predicted octanol–water partition coefficient (Wildman–Crippen LogP) is 5.31. The molecule has 1 rings (SSSR count). The van der Waals surface area contributed by atoms with Gasteiger partial charge in [-0.05, 0) is 64.7 Å². The molecule has 0 aromatic heterocycles. The lowest BCUT2D eigenvalue weighted by molar-refractivity contribution is -0.143. The van der Waals surface area contributed by atoms with E-state index in [2.05, 4.69) is 17.6 Å². The molecule has 204 valence electrons. The van der Waals surface area contributed by atoms with Gasteiger partial charge < -0.3 is 25.4 Å². The Balaban J connectivity index is 3.47. The molecule has 0 saturated heterocycles. The molecule has 3 N–H and O–H groups in total. The maximum atomic E-state index is 14.1. The molecule has 0 aliphatic carbocycles. The summed E-state index contributed by atoms with van der Waals surface area (Å²) in [6, 6.07) is 4.44. The first-order valence-corrected chi connectivity index (χ1v) is 13.2. The number of carbonyl (C=O) groups excluding carboxylic acids is 3. The summed E-state index contributed by atoms with van der Waals surface area (Å²) in [6.45, 7) is 15.4. The van der Waals surface area contributed by atoms with Crippen molar-refractivity contribution in [2.24, 2.45) is 5.92 Å². The largest absolute Gasteiger partial charge is 0.508 e. The monoisotopic (exact) mass is 505 g/mol. The lowest BCUT2D eigenvalue weighted by Gasteiger charge is -2.36. The first-order valence-electron chi connectivity index (χ1n) is 13.2. The molecule has 0 heterocycles. The quantitative estimate of drug-likeness (QED) is 0.315. The van der Waals surface area contributed by atoms with Gasteiger partial charge >= 0.3 is 6.09 Å².